The van der Waals surface area contributed by atoms with Crippen molar-refractivity contribution in [2.75, 3.05) is 11.5 Å². The molecule has 0 aromatic heterocycles. The van der Waals surface area contributed by atoms with Crippen LogP contribution in [0.5, 0.6) is 0 Å². The molecule has 2 rings (SSSR count). The topological polar surface area (TPSA) is 46.2 Å². The summed E-state index contributed by atoms with van der Waals surface area (Å²) < 4.78 is 22.5. The molecule has 1 aliphatic heterocycles. The van der Waals surface area contributed by atoms with Crippen molar-refractivity contribution in [3.63, 3.8) is 0 Å². The van der Waals surface area contributed by atoms with Gasteiger partial charge >= 0.3 is 0 Å². The highest BCUT2D eigenvalue weighted by atomic mass is 35.5. The minimum absolute atomic E-state index is 0. The number of hydrogen-bond acceptors (Lipinski definition) is 3. The molecule has 1 unspecified atom stereocenters. The Kier molecular flexibility index (Phi) is 5.25. The first-order chi connectivity index (χ1) is 7.57. The molecule has 1 aromatic carbocycles. The van der Waals surface area contributed by atoms with Gasteiger partial charge in [-0.2, -0.15) is 0 Å². The maximum Gasteiger partial charge on any atom is 0.151 e. The van der Waals surface area contributed by atoms with Crippen molar-refractivity contribution < 1.29 is 8.42 Å². The zero-order valence-electron chi connectivity index (χ0n) is 9.23. The molecule has 1 atom stereocenters. The second-order valence-electron chi connectivity index (χ2n) is 4.07. The molecule has 96 valence electrons. The maximum atomic E-state index is 11.3. The second kappa shape index (κ2) is 6.05. The van der Waals surface area contributed by atoms with Crippen molar-refractivity contribution in [2.45, 2.75) is 19.0 Å². The van der Waals surface area contributed by atoms with Gasteiger partial charge in [0.25, 0.3) is 0 Å². The van der Waals surface area contributed by atoms with Crippen molar-refractivity contribution in [2.24, 2.45) is 0 Å². The van der Waals surface area contributed by atoms with E-state index in [1.54, 1.807) is 0 Å². The van der Waals surface area contributed by atoms with Crippen LogP contribution in [0, 0.1) is 0 Å². The van der Waals surface area contributed by atoms with Crippen LogP contribution in [-0.2, 0) is 16.4 Å². The summed E-state index contributed by atoms with van der Waals surface area (Å²) in [7, 11) is -2.81. The van der Waals surface area contributed by atoms with Crippen molar-refractivity contribution in [1.82, 2.24) is 5.32 Å². The summed E-state index contributed by atoms with van der Waals surface area (Å²) >= 11 is 6.01. The molecule has 6 heteroatoms. The summed E-state index contributed by atoms with van der Waals surface area (Å²) in [6.07, 6.45) is 0.701. The van der Waals surface area contributed by atoms with Gasteiger partial charge in [-0.05, 0) is 18.1 Å². The van der Waals surface area contributed by atoms with E-state index < -0.39 is 9.84 Å². The molecule has 1 heterocycles. The molecule has 3 nitrogen and oxygen atoms in total. The lowest BCUT2D eigenvalue weighted by molar-refractivity contribution is 0.554. The highest BCUT2D eigenvalue weighted by Gasteiger charge is 2.27. The Hall–Kier alpha value is -0.290. The van der Waals surface area contributed by atoms with E-state index in [9.17, 15) is 8.42 Å². The van der Waals surface area contributed by atoms with Gasteiger partial charge in [0.2, 0.25) is 0 Å². The number of benzene rings is 1. The van der Waals surface area contributed by atoms with E-state index in [0.29, 0.717) is 18.7 Å². The number of rotatable bonds is 3. The number of nitrogens with one attached hydrogen (secondary N) is 1. The van der Waals surface area contributed by atoms with E-state index in [2.05, 4.69) is 5.32 Å². The third-order valence-corrected chi connectivity index (χ3v) is 4.91. The van der Waals surface area contributed by atoms with Crippen LogP contribution in [0.4, 0.5) is 0 Å². The number of sulfone groups is 1. The van der Waals surface area contributed by atoms with E-state index in [4.69, 9.17) is 11.6 Å². The highest BCUT2D eigenvalue weighted by molar-refractivity contribution is 7.91. The fourth-order valence-electron chi connectivity index (χ4n) is 1.85. The molecular formula is C11H15Cl2NO2S. The average Bonchev–Trinajstić information content (AvgIpc) is 2.57. The van der Waals surface area contributed by atoms with Gasteiger partial charge in [0.1, 0.15) is 0 Å². The van der Waals surface area contributed by atoms with Crippen molar-refractivity contribution in [1.29, 1.82) is 0 Å². The summed E-state index contributed by atoms with van der Waals surface area (Å²) in [4.78, 5) is 0. The molecule has 0 spiro atoms. The zero-order valence-corrected chi connectivity index (χ0v) is 11.6. The normalized spacial score (nSPS) is 22.1. The minimum atomic E-state index is -2.81. The van der Waals surface area contributed by atoms with Crippen LogP contribution in [0.3, 0.4) is 0 Å². The van der Waals surface area contributed by atoms with Crippen LogP contribution >= 0.6 is 24.0 Å². The van der Waals surface area contributed by atoms with Gasteiger partial charge in [0.15, 0.2) is 9.84 Å². The lowest BCUT2D eigenvalue weighted by atomic mass is 10.2. The molecular weight excluding hydrogens is 281 g/mol. The summed E-state index contributed by atoms with van der Waals surface area (Å²) in [5.41, 5.74) is 1.01. The first-order valence-corrected chi connectivity index (χ1v) is 7.44. The molecule has 1 aliphatic rings. The Labute approximate surface area is 113 Å². The Morgan fingerprint density at radius 3 is 2.65 bits per heavy atom. The minimum Gasteiger partial charge on any atom is -0.309 e. The molecule has 0 bridgehead atoms. The van der Waals surface area contributed by atoms with E-state index in [1.165, 1.54) is 0 Å². The molecule has 1 fully saturated rings. The van der Waals surface area contributed by atoms with E-state index in [1.807, 2.05) is 24.3 Å². The molecule has 0 radical (unpaired) electrons. The summed E-state index contributed by atoms with van der Waals surface area (Å²) in [6, 6.07) is 7.66. The van der Waals surface area contributed by atoms with Gasteiger partial charge in [0, 0.05) is 17.6 Å². The monoisotopic (exact) mass is 295 g/mol. The van der Waals surface area contributed by atoms with Gasteiger partial charge in [-0.25, -0.2) is 8.42 Å². The maximum absolute atomic E-state index is 11.3. The zero-order chi connectivity index (χ0) is 11.6. The largest absolute Gasteiger partial charge is 0.309 e. The van der Waals surface area contributed by atoms with Gasteiger partial charge in [-0.1, -0.05) is 29.8 Å². The molecule has 1 saturated heterocycles. The molecule has 0 saturated carbocycles. The standard InChI is InChI=1S/C11H14ClNO2S.ClH/c12-11-4-2-1-3-9(11)7-13-10-5-6-16(14,15)8-10;/h1-4,10,13H,5-8H2;1H. The van der Waals surface area contributed by atoms with Crippen LogP contribution in [0.1, 0.15) is 12.0 Å². The predicted molar refractivity (Wildman–Crippen MR) is 72.6 cm³/mol. The molecule has 17 heavy (non-hydrogen) atoms. The van der Waals surface area contributed by atoms with Crippen molar-refractivity contribution in [3.05, 3.63) is 34.9 Å². The highest BCUT2D eigenvalue weighted by Crippen LogP contribution is 2.16. The lowest BCUT2D eigenvalue weighted by Gasteiger charge is -2.11. The molecule has 1 N–H and O–H groups in total. The SMILES string of the molecule is Cl.O=S1(=O)CCC(NCc2ccccc2Cl)C1. The Bertz CT molecular complexity index is 476. The fourth-order valence-corrected chi connectivity index (χ4v) is 3.76. The first kappa shape index (κ1) is 14.8. The van der Waals surface area contributed by atoms with E-state index >= 15 is 0 Å². The fraction of sp³-hybridized carbons (Fsp3) is 0.455. The van der Waals surface area contributed by atoms with Gasteiger partial charge in [-0.15, -0.1) is 12.4 Å². The van der Waals surface area contributed by atoms with Crippen LogP contribution in [0.25, 0.3) is 0 Å². The third kappa shape index (κ3) is 4.14. The van der Waals surface area contributed by atoms with Gasteiger partial charge in [0.05, 0.1) is 11.5 Å². The Balaban J connectivity index is 0.00000144. The quantitative estimate of drug-likeness (QED) is 0.928. The Morgan fingerprint density at radius 1 is 1.35 bits per heavy atom. The van der Waals surface area contributed by atoms with Gasteiger partial charge < -0.3 is 5.32 Å². The van der Waals surface area contributed by atoms with E-state index in [-0.39, 0.29) is 24.2 Å². The summed E-state index contributed by atoms with van der Waals surface area (Å²) in [5.74, 6) is 0.546. The van der Waals surface area contributed by atoms with Crippen LogP contribution < -0.4 is 5.32 Å². The van der Waals surface area contributed by atoms with Crippen LogP contribution in [-0.4, -0.2) is 26.0 Å². The van der Waals surface area contributed by atoms with Crippen LogP contribution in [0.2, 0.25) is 5.02 Å². The first-order valence-electron chi connectivity index (χ1n) is 5.24. The van der Waals surface area contributed by atoms with Crippen LogP contribution in [0.15, 0.2) is 24.3 Å². The van der Waals surface area contributed by atoms with Gasteiger partial charge in [-0.3, -0.25) is 0 Å². The molecule has 1 aromatic rings. The predicted octanol–water partition coefficient (Wildman–Crippen LogP) is 2.04. The number of halogens is 2. The second-order valence-corrected chi connectivity index (χ2v) is 6.71. The summed E-state index contributed by atoms with van der Waals surface area (Å²) in [6.45, 7) is 0.625. The Morgan fingerprint density at radius 2 is 2.06 bits per heavy atom. The number of hydrogen-bond donors (Lipinski definition) is 1. The van der Waals surface area contributed by atoms with Crippen molar-refractivity contribution >= 4 is 33.8 Å². The smallest absolute Gasteiger partial charge is 0.151 e. The summed E-state index contributed by atoms with van der Waals surface area (Å²) in [5, 5.41) is 3.95. The molecule has 0 aliphatic carbocycles. The average molecular weight is 296 g/mol. The lowest BCUT2D eigenvalue weighted by Crippen LogP contribution is -2.29. The van der Waals surface area contributed by atoms with Crippen molar-refractivity contribution in [3.8, 4) is 0 Å². The third-order valence-electron chi connectivity index (χ3n) is 2.77. The molecule has 0 amide bonds. The van der Waals surface area contributed by atoms with E-state index in [0.717, 1.165) is 10.6 Å².